The Labute approximate surface area is 114 Å². The molecule has 3 nitrogen and oxygen atoms in total. The molecule has 2 rings (SSSR count). The Morgan fingerprint density at radius 2 is 1.74 bits per heavy atom. The molecular formula is C16H21NO2. The highest BCUT2D eigenvalue weighted by atomic mass is 16.7. The van der Waals surface area contributed by atoms with E-state index < -0.39 is 0 Å². The van der Waals surface area contributed by atoms with Crippen LogP contribution in [0.25, 0.3) is 10.9 Å². The Morgan fingerprint density at radius 3 is 2.47 bits per heavy atom. The lowest BCUT2D eigenvalue weighted by atomic mass is 10.1. The van der Waals surface area contributed by atoms with Crippen molar-refractivity contribution in [1.29, 1.82) is 0 Å². The highest BCUT2D eigenvalue weighted by Gasteiger charge is 2.08. The van der Waals surface area contributed by atoms with E-state index in [1.54, 1.807) is 0 Å². The van der Waals surface area contributed by atoms with E-state index in [1.807, 2.05) is 32.0 Å². The van der Waals surface area contributed by atoms with Gasteiger partial charge in [0.05, 0.1) is 5.52 Å². The number of aryl methyl sites for hydroxylation is 1. The zero-order valence-corrected chi connectivity index (χ0v) is 11.6. The van der Waals surface area contributed by atoms with Gasteiger partial charge in [0.2, 0.25) is 0 Å². The smallest absolute Gasteiger partial charge is 0.157 e. The van der Waals surface area contributed by atoms with E-state index in [4.69, 9.17) is 9.47 Å². The number of fused-ring (bicyclic) bond motifs is 1. The molecule has 0 aliphatic carbocycles. The minimum absolute atomic E-state index is 0.122. The van der Waals surface area contributed by atoms with Crippen molar-refractivity contribution in [1.82, 2.24) is 4.98 Å². The van der Waals surface area contributed by atoms with Crippen molar-refractivity contribution in [2.24, 2.45) is 0 Å². The number of aromatic nitrogens is 1. The molecule has 1 aromatic carbocycles. The van der Waals surface area contributed by atoms with Crippen LogP contribution in [0.15, 0.2) is 36.4 Å². The Hall–Kier alpha value is -1.45. The fourth-order valence-electron chi connectivity index (χ4n) is 2.10. The second-order valence-corrected chi connectivity index (χ2v) is 4.37. The van der Waals surface area contributed by atoms with E-state index >= 15 is 0 Å². The molecule has 0 unspecified atom stereocenters. The number of ether oxygens (including phenoxy) is 2. The van der Waals surface area contributed by atoms with Crippen molar-refractivity contribution >= 4 is 10.9 Å². The number of hydrogen-bond donors (Lipinski definition) is 0. The summed E-state index contributed by atoms with van der Waals surface area (Å²) in [4.78, 5) is 4.66. The number of para-hydroxylation sites is 1. The van der Waals surface area contributed by atoms with Gasteiger partial charge in [-0.05, 0) is 32.4 Å². The van der Waals surface area contributed by atoms with E-state index in [9.17, 15) is 0 Å². The summed E-state index contributed by atoms with van der Waals surface area (Å²) in [6.07, 6.45) is 1.59. The van der Waals surface area contributed by atoms with Crippen LogP contribution >= 0.6 is 0 Å². The number of nitrogens with zero attached hydrogens (tertiary/aromatic N) is 1. The molecule has 0 saturated carbocycles. The normalized spacial score (nSPS) is 11.3. The van der Waals surface area contributed by atoms with Crippen molar-refractivity contribution in [3.05, 3.63) is 42.1 Å². The van der Waals surface area contributed by atoms with Gasteiger partial charge in [0.1, 0.15) is 0 Å². The summed E-state index contributed by atoms with van der Waals surface area (Å²) in [6, 6.07) is 12.4. The monoisotopic (exact) mass is 259 g/mol. The molecule has 0 amide bonds. The Kier molecular flexibility index (Phi) is 5.31. The molecule has 0 fully saturated rings. The van der Waals surface area contributed by atoms with Crippen molar-refractivity contribution in [3.63, 3.8) is 0 Å². The van der Waals surface area contributed by atoms with Crippen molar-refractivity contribution in [2.45, 2.75) is 33.0 Å². The molecule has 0 N–H and O–H groups in total. The Morgan fingerprint density at radius 1 is 1.00 bits per heavy atom. The van der Waals surface area contributed by atoms with Crippen LogP contribution in [0.3, 0.4) is 0 Å². The molecule has 0 aliphatic heterocycles. The third-order valence-electron chi connectivity index (χ3n) is 3.00. The van der Waals surface area contributed by atoms with Gasteiger partial charge in [-0.2, -0.15) is 0 Å². The topological polar surface area (TPSA) is 31.4 Å². The maximum Gasteiger partial charge on any atom is 0.157 e. The van der Waals surface area contributed by atoms with Crippen LogP contribution in [0, 0.1) is 0 Å². The molecule has 0 aliphatic rings. The first-order chi connectivity index (χ1) is 9.33. The number of pyridine rings is 1. The summed E-state index contributed by atoms with van der Waals surface area (Å²) in [5, 5.41) is 1.18. The highest BCUT2D eigenvalue weighted by Crippen LogP contribution is 2.14. The van der Waals surface area contributed by atoms with E-state index in [2.05, 4.69) is 23.2 Å². The molecule has 0 bridgehead atoms. The van der Waals surface area contributed by atoms with Crippen LogP contribution < -0.4 is 0 Å². The lowest BCUT2D eigenvalue weighted by Crippen LogP contribution is -2.18. The molecule has 1 heterocycles. The van der Waals surface area contributed by atoms with Gasteiger partial charge in [0.25, 0.3) is 0 Å². The zero-order valence-electron chi connectivity index (χ0n) is 11.6. The third-order valence-corrected chi connectivity index (χ3v) is 3.00. The lowest BCUT2D eigenvalue weighted by Gasteiger charge is -2.16. The zero-order chi connectivity index (χ0) is 13.5. The SMILES string of the molecule is CCOC(CCc1ccc2ccccc2n1)OCC. The van der Waals surface area contributed by atoms with Crippen molar-refractivity contribution in [2.75, 3.05) is 13.2 Å². The predicted octanol–water partition coefficient (Wildman–Crippen LogP) is 3.57. The molecule has 1 aromatic heterocycles. The van der Waals surface area contributed by atoms with E-state index in [-0.39, 0.29) is 6.29 Å². The van der Waals surface area contributed by atoms with Crippen LogP contribution in [0.2, 0.25) is 0 Å². The second-order valence-electron chi connectivity index (χ2n) is 4.37. The van der Waals surface area contributed by atoms with Gasteiger partial charge in [-0.3, -0.25) is 4.98 Å². The van der Waals surface area contributed by atoms with Gasteiger partial charge in [-0.1, -0.05) is 24.3 Å². The quantitative estimate of drug-likeness (QED) is 0.712. The maximum absolute atomic E-state index is 5.54. The highest BCUT2D eigenvalue weighted by molar-refractivity contribution is 5.78. The molecule has 19 heavy (non-hydrogen) atoms. The van der Waals surface area contributed by atoms with Crippen LogP contribution in [0.5, 0.6) is 0 Å². The summed E-state index contributed by atoms with van der Waals surface area (Å²) >= 11 is 0. The van der Waals surface area contributed by atoms with Crippen molar-refractivity contribution < 1.29 is 9.47 Å². The van der Waals surface area contributed by atoms with E-state index in [1.165, 1.54) is 5.39 Å². The summed E-state index contributed by atoms with van der Waals surface area (Å²) in [5.41, 5.74) is 2.13. The van der Waals surface area contributed by atoms with Gasteiger partial charge in [-0.25, -0.2) is 0 Å². The van der Waals surface area contributed by atoms with Crippen LogP contribution in [0.4, 0.5) is 0 Å². The molecule has 0 atom stereocenters. The molecule has 0 spiro atoms. The molecule has 102 valence electrons. The van der Waals surface area contributed by atoms with Gasteiger partial charge >= 0.3 is 0 Å². The Bertz CT molecular complexity index is 507. The van der Waals surface area contributed by atoms with E-state index in [0.29, 0.717) is 13.2 Å². The van der Waals surface area contributed by atoms with Gasteiger partial charge < -0.3 is 9.47 Å². The third kappa shape index (κ3) is 4.01. The second kappa shape index (κ2) is 7.22. The van der Waals surface area contributed by atoms with Crippen LogP contribution in [0.1, 0.15) is 26.0 Å². The first-order valence-corrected chi connectivity index (χ1v) is 6.91. The van der Waals surface area contributed by atoms with Crippen LogP contribution in [-0.4, -0.2) is 24.5 Å². The summed E-state index contributed by atoms with van der Waals surface area (Å²) in [7, 11) is 0. The number of rotatable bonds is 7. The fourth-order valence-corrected chi connectivity index (χ4v) is 2.10. The molecule has 0 saturated heterocycles. The van der Waals surface area contributed by atoms with E-state index in [0.717, 1.165) is 24.1 Å². The molecule has 2 aromatic rings. The number of benzene rings is 1. The largest absolute Gasteiger partial charge is 0.353 e. The molecule has 3 heteroatoms. The molecule has 0 radical (unpaired) electrons. The van der Waals surface area contributed by atoms with Crippen LogP contribution in [-0.2, 0) is 15.9 Å². The van der Waals surface area contributed by atoms with Gasteiger partial charge in [0.15, 0.2) is 6.29 Å². The summed E-state index contributed by atoms with van der Waals surface area (Å²) < 4.78 is 11.1. The first kappa shape index (κ1) is 14.0. The summed E-state index contributed by atoms with van der Waals surface area (Å²) in [6.45, 7) is 5.33. The minimum atomic E-state index is -0.122. The average molecular weight is 259 g/mol. The van der Waals surface area contributed by atoms with Gasteiger partial charge in [0, 0.05) is 30.7 Å². The fraction of sp³-hybridized carbons (Fsp3) is 0.438. The van der Waals surface area contributed by atoms with Gasteiger partial charge in [-0.15, -0.1) is 0 Å². The predicted molar refractivity (Wildman–Crippen MR) is 77.1 cm³/mol. The first-order valence-electron chi connectivity index (χ1n) is 6.91. The maximum atomic E-state index is 5.54. The Balaban J connectivity index is 2.00. The average Bonchev–Trinajstić information content (AvgIpc) is 2.45. The van der Waals surface area contributed by atoms with Crippen molar-refractivity contribution in [3.8, 4) is 0 Å². The number of hydrogen-bond acceptors (Lipinski definition) is 3. The standard InChI is InChI=1S/C16H21NO2/c1-3-18-16(19-4-2)12-11-14-10-9-13-7-5-6-8-15(13)17-14/h5-10,16H,3-4,11-12H2,1-2H3. The molecular weight excluding hydrogens is 238 g/mol. The minimum Gasteiger partial charge on any atom is -0.353 e. The lowest BCUT2D eigenvalue weighted by molar-refractivity contribution is -0.139. The summed E-state index contributed by atoms with van der Waals surface area (Å²) in [5.74, 6) is 0.